The van der Waals surface area contributed by atoms with E-state index in [9.17, 15) is 19.7 Å². The van der Waals surface area contributed by atoms with Crippen molar-refractivity contribution in [3.8, 4) is 11.5 Å². The molecule has 0 aliphatic carbocycles. The van der Waals surface area contributed by atoms with E-state index >= 15 is 0 Å². The van der Waals surface area contributed by atoms with Crippen molar-refractivity contribution in [1.82, 2.24) is 5.32 Å². The van der Waals surface area contributed by atoms with Crippen LogP contribution in [0.5, 0.6) is 11.5 Å². The first-order valence-electron chi connectivity index (χ1n) is 8.15. The van der Waals surface area contributed by atoms with Crippen LogP contribution in [-0.2, 0) is 9.53 Å². The second kappa shape index (κ2) is 8.13. The Morgan fingerprint density at radius 1 is 1.25 bits per heavy atom. The number of amides is 1. The van der Waals surface area contributed by atoms with Crippen molar-refractivity contribution in [3.05, 3.63) is 62.7 Å². The van der Waals surface area contributed by atoms with Crippen molar-refractivity contribution in [2.75, 3.05) is 13.4 Å². The number of hydrogen-bond acceptors (Lipinski definition) is 7. The van der Waals surface area contributed by atoms with Crippen LogP contribution < -0.4 is 14.8 Å². The average Bonchev–Trinajstić information content (AvgIpc) is 3.13. The Balaban J connectivity index is 1.55. The molecule has 0 radical (unpaired) electrons. The zero-order valence-electron chi connectivity index (χ0n) is 14.6. The zero-order chi connectivity index (χ0) is 20.3. The van der Waals surface area contributed by atoms with E-state index < -0.39 is 23.4 Å². The standard InChI is InChI=1S/C18H15ClN2O7/c1-10(11-2-5-15-16(6-11)28-9-27-15)20-17(22)8-26-18(23)13-4-3-12(21(24)25)7-14(13)19/h2-7,10H,8-9H2,1H3,(H,20,22)/t10-/m1/s1. The van der Waals surface area contributed by atoms with E-state index in [0.717, 1.165) is 17.7 Å². The Hall–Kier alpha value is -3.33. The molecule has 9 nitrogen and oxygen atoms in total. The van der Waals surface area contributed by atoms with Crippen LogP contribution in [0.4, 0.5) is 5.69 Å². The van der Waals surface area contributed by atoms with Crippen LogP contribution in [0.3, 0.4) is 0 Å². The average molecular weight is 407 g/mol. The number of nitrogens with zero attached hydrogens (tertiary/aromatic N) is 1. The number of carbonyl (C=O) groups excluding carboxylic acids is 2. The summed E-state index contributed by atoms with van der Waals surface area (Å²) in [4.78, 5) is 34.2. The number of non-ortho nitro benzene ring substituents is 1. The first kappa shape index (κ1) is 19.4. The number of nitro benzene ring substituents is 1. The lowest BCUT2D eigenvalue weighted by Gasteiger charge is -2.15. The molecule has 146 valence electrons. The fourth-order valence-corrected chi connectivity index (χ4v) is 2.79. The quantitative estimate of drug-likeness (QED) is 0.445. The first-order valence-corrected chi connectivity index (χ1v) is 8.53. The fraction of sp³-hybridized carbons (Fsp3) is 0.222. The lowest BCUT2D eigenvalue weighted by molar-refractivity contribution is -0.384. The van der Waals surface area contributed by atoms with E-state index in [-0.39, 0.29) is 29.1 Å². The van der Waals surface area contributed by atoms with Gasteiger partial charge in [0.15, 0.2) is 18.1 Å². The molecule has 1 N–H and O–H groups in total. The fourth-order valence-electron chi connectivity index (χ4n) is 2.54. The molecule has 1 heterocycles. The molecule has 0 saturated heterocycles. The predicted molar refractivity (Wildman–Crippen MR) is 97.5 cm³/mol. The number of carbonyl (C=O) groups is 2. The van der Waals surface area contributed by atoms with Gasteiger partial charge >= 0.3 is 5.97 Å². The molecule has 0 spiro atoms. The van der Waals surface area contributed by atoms with Crippen LogP contribution in [0.2, 0.25) is 5.02 Å². The molecule has 1 atom stereocenters. The number of nitro groups is 1. The molecule has 1 aliphatic rings. The van der Waals surface area contributed by atoms with Crippen molar-refractivity contribution in [3.63, 3.8) is 0 Å². The predicted octanol–water partition coefficient (Wildman–Crippen LogP) is 3.01. The number of rotatable bonds is 6. The van der Waals surface area contributed by atoms with Gasteiger partial charge in [-0.2, -0.15) is 0 Å². The van der Waals surface area contributed by atoms with Gasteiger partial charge in [-0.25, -0.2) is 4.79 Å². The van der Waals surface area contributed by atoms with Gasteiger partial charge in [0, 0.05) is 12.1 Å². The van der Waals surface area contributed by atoms with Gasteiger partial charge < -0.3 is 19.5 Å². The molecule has 10 heteroatoms. The van der Waals surface area contributed by atoms with Gasteiger partial charge in [0.1, 0.15) is 0 Å². The number of ether oxygens (including phenoxy) is 3. The van der Waals surface area contributed by atoms with E-state index in [1.807, 2.05) is 0 Å². The van der Waals surface area contributed by atoms with Gasteiger partial charge in [0.25, 0.3) is 11.6 Å². The number of halogens is 1. The van der Waals surface area contributed by atoms with E-state index in [0.29, 0.717) is 11.5 Å². The minimum Gasteiger partial charge on any atom is -0.454 e. The number of nitrogens with one attached hydrogen (secondary N) is 1. The van der Waals surface area contributed by atoms with Gasteiger partial charge in [-0.3, -0.25) is 14.9 Å². The molecule has 0 bridgehead atoms. The smallest absolute Gasteiger partial charge is 0.340 e. The normalized spacial score (nSPS) is 12.9. The number of benzene rings is 2. The summed E-state index contributed by atoms with van der Waals surface area (Å²) in [6.07, 6.45) is 0. The lowest BCUT2D eigenvalue weighted by Crippen LogP contribution is -2.31. The maximum atomic E-state index is 12.1. The molecule has 1 amide bonds. The lowest BCUT2D eigenvalue weighted by atomic mass is 10.1. The van der Waals surface area contributed by atoms with Crippen LogP contribution in [0.15, 0.2) is 36.4 Å². The summed E-state index contributed by atoms with van der Waals surface area (Å²) in [6, 6.07) is 8.29. The first-order chi connectivity index (χ1) is 13.3. The van der Waals surface area contributed by atoms with Gasteiger partial charge in [-0.15, -0.1) is 0 Å². The van der Waals surface area contributed by atoms with E-state index in [2.05, 4.69) is 5.32 Å². The highest BCUT2D eigenvalue weighted by molar-refractivity contribution is 6.33. The summed E-state index contributed by atoms with van der Waals surface area (Å²) in [5.74, 6) is -0.142. The van der Waals surface area contributed by atoms with E-state index in [4.69, 9.17) is 25.8 Å². The molecule has 0 aromatic heterocycles. The summed E-state index contributed by atoms with van der Waals surface area (Å²) in [6.45, 7) is 1.40. The van der Waals surface area contributed by atoms with Crippen molar-refractivity contribution in [2.45, 2.75) is 13.0 Å². The molecule has 1 aliphatic heterocycles. The topological polar surface area (TPSA) is 117 Å². The number of fused-ring (bicyclic) bond motifs is 1. The summed E-state index contributed by atoms with van der Waals surface area (Å²) in [7, 11) is 0. The highest BCUT2D eigenvalue weighted by Gasteiger charge is 2.19. The van der Waals surface area contributed by atoms with Crippen molar-refractivity contribution in [1.29, 1.82) is 0 Å². The van der Waals surface area contributed by atoms with Gasteiger partial charge in [0.05, 0.1) is 21.6 Å². The van der Waals surface area contributed by atoms with Gasteiger partial charge in [-0.05, 0) is 30.7 Å². The minimum absolute atomic E-state index is 0.0658. The van der Waals surface area contributed by atoms with Crippen LogP contribution in [0.1, 0.15) is 28.9 Å². The van der Waals surface area contributed by atoms with E-state index in [1.54, 1.807) is 25.1 Å². The third-order valence-corrected chi connectivity index (χ3v) is 4.30. The van der Waals surface area contributed by atoms with Crippen LogP contribution in [-0.4, -0.2) is 30.2 Å². The molecule has 0 unspecified atom stereocenters. The second-order valence-electron chi connectivity index (χ2n) is 5.90. The Bertz CT molecular complexity index is 948. The molecule has 2 aromatic carbocycles. The van der Waals surface area contributed by atoms with Crippen LogP contribution in [0, 0.1) is 10.1 Å². The van der Waals surface area contributed by atoms with Gasteiger partial charge in [-0.1, -0.05) is 17.7 Å². The van der Waals surface area contributed by atoms with Crippen LogP contribution in [0.25, 0.3) is 0 Å². The maximum Gasteiger partial charge on any atom is 0.340 e. The summed E-state index contributed by atoms with van der Waals surface area (Å²) in [5, 5.41) is 13.3. The number of esters is 1. The van der Waals surface area contributed by atoms with E-state index in [1.165, 1.54) is 6.07 Å². The molecule has 28 heavy (non-hydrogen) atoms. The minimum atomic E-state index is -0.856. The van der Waals surface area contributed by atoms with Crippen LogP contribution >= 0.6 is 11.6 Å². The SMILES string of the molecule is C[C@@H](NC(=O)COC(=O)c1ccc([N+](=O)[O-])cc1Cl)c1ccc2c(c1)OCO2. The molecule has 0 fully saturated rings. The number of hydrogen-bond donors (Lipinski definition) is 1. The third kappa shape index (κ3) is 4.32. The van der Waals surface area contributed by atoms with Crippen molar-refractivity contribution in [2.24, 2.45) is 0 Å². The molecule has 2 aromatic rings. The molecule has 0 saturated carbocycles. The maximum absolute atomic E-state index is 12.1. The Morgan fingerprint density at radius 2 is 2.00 bits per heavy atom. The molecular formula is C18H15ClN2O7. The largest absolute Gasteiger partial charge is 0.454 e. The summed E-state index contributed by atoms with van der Waals surface area (Å²) < 4.78 is 15.5. The van der Waals surface area contributed by atoms with Crippen molar-refractivity contribution < 1.29 is 28.7 Å². The highest BCUT2D eigenvalue weighted by atomic mass is 35.5. The third-order valence-electron chi connectivity index (χ3n) is 3.99. The molecule has 3 rings (SSSR count). The Morgan fingerprint density at radius 3 is 2.71 bits per heavy atom. The Labute approximate surface area is 164 Å². The monoisotopic (exact) mass is 406 g/mol. The molecular weight excluding hydrogens is 392 g/mol. The highest BCUT2D eigenvalue weighted by Crippen LogP contribution is 2.34. The summed E-state index contributed by atoms with van der Waals surface area (Å²) >= 11 is 5.87. The van der Waals surface area contributed by atoms with Crippen molar-refractivity contribution >= 4 is 29.2 Å². The Kier molecular flexibility index (Phi) is 5.65. The second-order valence-corrected chi connectivity index (χ2v) is 6.31. The van der Waals surface area contributed by atoms with Gasteiger partial charge in [0.2, 0.25) is 6.79 Å². The zero-order valence-corrected chi connectivity index (χ0v) is 15.4. The summed E-state index contributed by atoms with van der Waals surface area (Å²) in [5.41, 5.74) is 0.475.